The highest BCUT2D eigenvalue weighted by Crippen LogP contribution is 2.56. The summed E-state index contributed by atoms with van der Waals surface area (Å²) in [7, 11) is 2.43. The minimum absolute atomic E-state index is 0.0212. The van der Waals surface area contributed by atoms with Crippen molar-refractivity contribution in [2.45, 2.75) is 26.7 Å². The SMILES string of the molecule is COC(=O)C1=C(O)C(C(=O)OC)C2CC(=O)CC1C2(C)C. The zero-order valence-corrected chi connectivity index (χ0v) is 12.6. The highest BCUT2D eigenvalue weighted by molar-refractivity contribution is 5.94. The second-order valence-corrected chi connectivity index (χ2v) is 6.22. The number of hydrogen-bond acceptors (Lipinski definition) is 6. The fraction of sp³-hybridized carbons (Fsp3) is 0.667. The van der Waals surface area contributed by atoms with Crippen molar-refractivity contribution in [3.63, 3.8) is 0 Å². The molecule has 2 aliphatic rings. The molecule has 1 N–H and O–H groups in total. The molecule has 116 valence electrons. The Labute approximate surface area is 123 Å². The first-order valence-corrected chi connectivity index (χ1v) is 6.86. The quantitative estimate of drug-likeness (QED) is 0.775. The second-order valence-electron chi connectivity index (χ2n) is 6.22. The van der Waals surface area contributed by atoms with Gasteiger partial charge in [0.1, 0.15) is 17.5 Å². The average Bonchev–Trinajstić information content (AvgIpc) is 2.42. The van der Waals surface area contributed by atoms with E-state index in [1.165, 1.54) is 14.2 Å². The molecule has 1 saturated carbocycles. The number of fused-ring (bicyclic) bond motifs is 2. The minimum Gasteiger partial charge on any atom is -0.511 e. The molecule has 0 spiro atoms. The van der Waals surface area contributed by atoms with E-state index in [0.717, 1.165) is 0 Å². The van der Waals surface area contributed by atoms with E-state index >= 15 is 0 Å². The second kappa shape index (κ2) is 5.16. The van der Waals surface area contributed by atoms with Crippen molar-refractivity contribution in [1.82, 2.24) is 0 Å². The van der Waals surface area contributed by atoms with Crippen LogP contribution in [0.4, 0.5) is 0 Å². The monoisotopic (exact) mass is 296 g/mol. The van der Waals surface area contributed by atoms with Gasteiger partial charge in [0.25, 0.3) is 0 Å². The van der Waals surface area contributed by atoms with Crippen LogP contribution in [0.25, 0.3) is 0 Å². The third-order valence-electron chi connectivity index (χ3n) is 4.91. The maximum Gasteiger partial charge on any atom is 0.337 e. The molecule has 1 fully saturated rings. The fourth-order valence-electron chi connectivity index (χ4n) is 3.66. The van der Waals surface area contributed by atoms with E-state index in [1.54, 1.807) is 0 Å². The number of esters is 2. The summed E-state index contributed by atoms with van der Waals surface area (Å²) in [4.78, 5) is 36.0. The predicted octanol–water partition coefficient (Wildman–Crippen LogP) is 1.40. The summed E-state index contributed by atoms with van der Waals surface area (Å²) in [6.07, 6.45) is 0.369. The lowest BCUT2D eigenvalue weighted by atomic mass is 9.52. The van der Waals surface area contributed by atoms with Gasteiger partial charge in [-0.25, -0.2) is 4.79 Å². The molecule has 2 aliphatic carbocycles. The Bertz CT molecular complexity index is 530. The zero-order valence-electron chi connectivity index (χ0n) is 12.6. The van der Waals surface area contributed by atoms with E-state index in [4.69, 9.17) is 9.47 Å². The van der Waals surface area contributed by atoms with E-state index in [1.807, 2.05) is 13.8 Å². The molecule has 0 aliphatic heterocycles. The van der Waals surface area contributed by atoms with Crippen molar-refractivity contribution in [2.75, 3.05) is 14.2 Å². The molecule has 0 aromatic heterocycles. The summed E-state index contributed by atoms with van der Waals surface area (Å²) in [6, 6.07) is 0. The molecule has 2 bridgehead atoms. The van der Waals surface area contributed by atoms with Crippen LogP contribution in [0.2, 0.25) is 0 Å². The van der Waals surface area contributed by atoms with E-state index in [9.17, 15) is 19.5 Å². The predicted molar refractivity (Wildman–Crippen MR) is 72.2 cm³/mol. The Morgan fingerprint density at radius 1 is 1.19 bits per heavy atom. The number of ketones is 1. The Kier molecular flexibility index (Phi) is 3.82. The van der Waals surface area contributed by atoms with Gasteiger partial charge in [0.2, 0.25) is 0 Å². The third-order valence-corrected chi connectivity index (χ3v) is 4.91. The number of methoxy groups -OCH3 is 2. The number of ether oxygens (including phenoxy) is 2. The molecule has 6 nitrogen and oxygen atoms in total. The number of hydrogen-bond donors (Lipinski definition) is 1. The van der Waals surface area contributed by atoms with E-state index < -0.39 is 29.2 Å². The Balaban J connectivity index is 2.65. The summed E-state index contributed by atoms with van der Waals surface area (Å²) in [5, 5.41) is 10.4. The van der Waals surface area contributed by atoms with Gasteiger partial charge >= 0.3 is 11.9 Å². The van der Waals surface area contributed by atoms with Gasteiger partial charge in [-0.3, -0.25) is 9.59 Å². The van der Waals surface area contributed by atoms with Crippen molar-refractivity contribution >= 4 is 17.7 Å². The minimum atomic E-state index is -1.00. The molecule has 0 aromatic rings. The number of carbonyl (C=O) groups excluding carboxylic acids is 3. The smallest absolute Gasteiger partial charge is 0.337 e. The van der Waals surface area contributed by atoms with Crippen LogP contribution < -0.4 is 0 Å². The van der Waals surface area contributed by atoms with Crippen molar-refractivity contribution in [3.05, 3.63) is 11.3 Å². The topological polar surface area (TPSA) is 89.9 Å². The lowest BCUT2D eigenvalue weighted by molar-refractivity contribution is -0.154. The Hall–Kier alpha value is -1.85. The van der Waals surface area contributed by atoms with Crippen LogP contribution >= 0.6 is 0 Å². The van der Waals surface area contributed by atoms with E-state index in [-0.39, 0.29) is 35.9 Å². The van der Waals surface area contributed by atoms with Crippen LogP contribution in [0.5, 0.6) is 0 Å². The lowest BCUT2D eigenvalue weighted by Crippen LogP contribution is -2.52. The third kappa shape index (κ3) is 2.22. The molecule has 0 aromatic carbocycles. The van der Waals surface area contributed by atoms with E-state index in [2.05, 4.69) is 0 Å². The van der Waals surface area contributed by atoms with Gasteiger partial charge in [-0.05, 0) is 11.3 Å². The number of rotatable bonds is 2. The normalized spacial score (nSPS) is 30.9. The fourth-order valence-corrected chi connectivity index (χ4v) is 3.66. The molecular weight excluding hydrogens is 276 g/mol. The van der Waals surface area contributed by atoms with Crippen LogP contribution in [0.15, 0.2) is 11.3 Å². The van der Waals surface area contributed by atoms with Crippen LogP contribution in [-0.4, -0.2) is 37.0 Å². The number of aliphatic hydroxyl groups excluding tert-OH is 1. The van der Waals surface area contributed by atoms with Gasteiger partial charge < -0.3 is 14.6 Å². The van der Waals surface area contributed by atoms with Gasteiger partial charge in [-0.15, -0.1) is 0 Å². The first-order chi connectivity index (χ1) is 9.75. The van der Waals surface area contributed by atoms with Crippen LogP contribution in [0, 0.1) is 23.2 Å². The van der Waals surface area contributed by atoms with E-state index in [0.29, 0.717) is 0 Å². The molecule has 21 heavy (non-hydrogen) atoms. The largest absolute Gasteiger partial charge is 0.511 e. The number of Topliss-reactive ketones (excluding diaryl/α,β-unsaturated/α-hetero) is 1. The molecular formula is C15H20O6. The maximum absolute atomic E-state index is 12.0. The highest BCUT2D eigenvalue weighted by Gasteiger charge is 2.57. The van der Waals surface area contributed by atoms with Crippen molar-refractivity contribution < 1.29 is 29.0 Å². The Morgan fingerprint density at radius 2 is 1.81 bits per heavy atom. The summed E-state index contributed by atoms with van der Waals surface area (Å²) < 4.78 is 9.47. The molecule has 3 atom stereocenters. The van der Waals surface area contributed by atoms with Gasteiger partial charge in [0, 0.05) is 18.8 Å². The van der Waals surface area contributed by atoms with Gasteiger partial charge in [-0.1, -0.05) is 13.8 Å². The van der Waals surface area contributed by atoms with Crippen LogP contribution in [0.1, 0.15) is 26.7 Å². The molecule has 2 rings (SSSR count). The van der Waals surface area contributed by atoms with Gasteiger partial charge in [0.05, 0.1) is 19.8 Å². The van der Waals surface area contributed by atoms with Gasteiger partial charge in [-0.2, -0.15) is 0 Å². The zero-order chi connectivity index (χ0) is 15.9. The summed E-state index contributed by atoms with van der Waals surface area (Å²) in [6.45, 7) is 3.81. The average molecular weight is 296 g/mol. The molecule has 3 unspecified atom stereocenters. The van der Waals surface area contributed by atoms with Crippen LogP contribution in [0.3, 0.4) is 0 Å². The molecule has 0 saturated heterocycles. The van der Waals surface area contributed by atoms with Gasteiger partial charge in [0.15, 0.2) is 0 Å². The standard InChI is InChI=1S/C15H20O6/c1-15(2)8-5-7(16)6-9(15)11(14(19)21-4)12(17)10(8)13(18)20-3/h8-10,17H,5-6H2,1-4H3. The summed E-state index contributed by atoms with van der Waals surface area (Å²) >= 11 is 0. The van der Waals surface area contributed by atoms with Crippen molar-refractivity contribution in [3.8, 4) is 0 Å². The maximum atomic E-state index is 12.0. The first kappa shape index (κ1) is 15.5. The van der Waals surface area contributed by atoms with Crippen LogP contribution in [-0.2, 0) is 23.9 Å². The number of carbonyl (C=O) groups is 3. The lowest BCUT2D eigenvalue weighted by Gasteiger charge is -2.50. The molecule has 6 heteroatoms. The summed E-state index contributed by atoms with van der Waals surface area (Å²) in [5.41, 5.74) is -0.454. The molecule has 0 amide bonds. The van der Waals surface area contributed by atoms with Crippen molar-refractivity contribution in [1.29, 1.82) is 0 Å². The summed E-state index contributed by atoms with van der Waals surface area (Å²) in [5.74, 6) is -3.50. The highest BCUT2D eigenvalue weighted by atomic mass is 16.5. The first-order valence-electron chi connectivity index (χ1n) is 6.86. The Morgan fingerprint density at radius 3 is 2.33 bits per heavy atom. The van der Waals surface area contributed by atoms with Crippen molar-refractivity contribution in [2.24, 2.45) is 23.2 Å². The molecule has 0 heterocycles. The number of aliphatic hydroxyl groups is 1. The molecule has 0 radical (unpaired) electrons.